The molecule has 1 rings (SSSR count). The van der Waals surface area contributed by atoms with E-state index in [4.69, 9.17) is 5.11 Å². The summed E-state index contributed by atoms with van der Waals surface area (Å²) in [5.74, 6) is 1.14. The second kappa shape index (κ2) is 5.33. The maximum Gasteiger partial charge on any atom is 0.404 e. The van der Waals surface area contributed by atoms with Gasteiger partial charge in [0.25, 0.3) is 0 Å². The third kappa shape index (κ3) is 4.44. The maximum absolute atomic E-state index is 10.6. The number of H-pyrrole nitrogens is 1. The Morgan fingerprint density at radius 1 is 1.67 bits per heavy atom. The van der Waals surface area contributed by atoms with Gasteiger partial charge in [-0.3, -0.25) is 0 Å². The predicted octanol–water partition coefficient (Wildman–Crippen LogP) is 1.03. The first kappa shape index (κ1) is 11.5. The molecule has 0 fully saturated rings. The predicted molar refractivity (Wildman–Crippen MR) is 54.5 cm³/mol. The van der Waals surface area contributed by atoms with Crippen LogP contribution in [0.15, 0.2) is 6.33 Å². The van der Waals surface area contributed by atoms with Gasteiger partial charge in [0.2, 0.25) is 0 Å². The van der Waals surface area contributed by atoms with Gasteiger partial charge in [-0.05, 0) is 12.3 Å². The van der Waals surface area contributed by atoms with Gasteiger partial charge in [-0.15, -0.1) is 10.2 Å². The van der Waals surface area contributed by atoms with Crippen molar-refractivity contribution in [2.75, 3.05) is 0 Å². The second-order valence-corrected chi connectivity index (χ2v) is 3.92. The van der Waals surface area contributed by atoms with Crippen LogP contribution in [0.4, 0.5) is 4.79 Å². The highest BCUT2D eigenvalue weighted by Crippen LogP contribution is 2.08. The summed E-state index contributed by atoms with van der Waals surface area (Å²) in [4.78, 5) is 13.4. The zero-order chi connectivity index (χ0) is 11.3. The van der Waals surface area contributed by atoms with Crippen LogP contribution >= 0.6 is 0 Å². The van der Waals surface area contributed by atoms with E-state index >= 15 is 0 Å². The molecule has 0 aromatic carbocycles. The van der Waals surface area contributed by atoms with Crippen molar-refractivity contribution in [3.63, 3.8) is 0 Å². The van der Waals surface area contributed by atoms with E-state index in [0.717, 1.165) is 6.42 Å². The van der Waals surface area contributed by atoms with Crippen molar-refractivity contribution in [1.82, 2.24) is 20.5 Å². The zero-order valence-corrected chi connectivity index (χ0v) is 8.90. The fraction of sp³-hybridized carbons (Fsp3) is 0.667. The highest BCUT2D eigenvalue weighted by molar-refractivity contribution is 5.64. The molecule has 0 aliphatic rings. The number of nitrogens with zero attached hydrogens (tertiary/aromatic N) is 2. The minimum Gasteiger partial charge on any atom is -0.465 e. The average Bonchev–Trinajstić information content (AvgIpc) is 2.53. The van der Waals surface area contributed by atoms with Crippen LogP contribution in [0.1, 0.15) is 26.1 Å². The normalized spacial score (nSPS) is 12.7. The van der Waals surface area contributed by atoms with Gasteiger partial charge >= 0.3 is 6.09 Å². The van der Waals surface area contributed by atoms with E-state index in [-0.39, 0.29) is 6.04 Å². The van der Waals surface area contributed by atoms with Crippen molar-refractivity contribution >= 4 is 6.09 Å². The third-order valence-corrected chi connectivity index (χ3v) is 1.99. The van der Waals surface area contributed by atoms with Gasteiger partial charge in [-0.25, -0.2) is 4.79 Å². The summed E-state index contributed by atoms with van der Waals surface area (Å²) in [6, 6.07) is -0.115. The van der Waals surface area contributed by atoms with Crippen LogP contribution in [-0.4, -0.2) is 32.4 Å². The number of carboxylic acid groups (broad SMARTS) is 1. The lowest BCUT2D eigenvalue weighted by atomic mass is 10.0. The molecule has 1 aromatic rings. The number of aromatic nitrogens is 3. The summed E-state index contributed by atoms with van der Waals surface area (Å²) in [6.07, 6.45) is 1.82. The Kier molecular flexibility index (Phi) is 4.08. The molecule has 0 saturated heterocycles. The van der Waals surface area contributed by atoms with Gasteiger partial charge in [0, 0.05) is 12.5 Å². The molecule has 0 saturated carbocycles. The molecule has 0 bridgehead atoms. The van der Waals surface area contributed by atoms with Gasteiger partial charge in [-0.2, -0.15) is 0 Å². The number of amides is 1. The number of nitrogens with one attached hydrogen (secondary N) is 2. The summed E-state index contributed by atoms with van der Waals surface area (Å²) in [6.45, 7) is 4.10. The summed E-state index contributed by atoms with van der Waals surface area (Å²) >= 11 is 0. The Morgan fingerprint density at radius 3 is 2.87 bits per heavy atom. The molecule has 1 aromatic heterocycles. The van der Waals surface area contributed by atoms with E-state index in [0.29, 0.717) is 18.2 Å². The third-order valence-electron chi connectivity index (χ3n) is 1.99. The second-order valence-electron chi connectivity index (χ2n) is 3.92. The first-order chi connectivity index (χ1) is 7.08. The zero-order valence-electron chi connectivity index (χ0n) is 8.90. The van der Waals surface area contributed by atoms with Crippen molar-refractivity contribution in [2.24, 2.45) is 5.92 Å². The Labute approximate surface area is 88.1 Å². The van der Waals surface area contributed by atoms with Crippen LogP contribution < -0.4 is 5.32 Å². The van der Waals surface area contributed by atoms with E-state index in [1.165, 1.54) is 6.33 Å². The molecule has 84 valence electrons. The molecular weight excluding hydrogens is 196 g/mol. The fourth-order valence-corrected chi connectivity index (χ4v) is 1.50. The highest BCUT2D eigenvalue weighted by atomic mass is 16.4. The van der Waals surface area contributed by atoms with Crippen LogP contribution in [0.2, 0.25) is 0 Å². The molecule has 15 heavy (non-hydrogen) atoms. The summed E-state index contributed by atoms with van der Waals surface area (Å²) in [7, 11) is 0. The van der Waals surface area contributed by atoms with E-state index in [2.05, 4.69) is 34.3 Å². The highest BCUT2D eigenvalue weighted by Gasteiger charge is 2.15. The number of hydrogen-bond donors (Lipinski definition) is 3. The summed E-state index contributed by atoms with van der Waals surface area (Å²) < 4.78 is 0. The lowest BCUT2D eigenvalue weighted by molar-refractivity contribution is 0.187. The van der Waals surface area contributed by atoms with Crippen LogP contribution in [0.25, 0.3) is 0 Å². The fourth-order valence-electron chi connectivity index (χ4n) is 1.50. The van der Waals surface area contributed by atoms with E-state index in [1.54, 1.807) is 0 Å². The molecule has 1 amide bonds. The topological polar surface area (TPSA) is 90.9 Å². The Morgan fingerprint density at radius 2 is 2.40 bits per heavy atom. The molecule has 0 radical (unpaired) electrons. The molecule has 1 unspecified atom stereocenters. The molecule has 0 aliphatic carbocycles. The van der Waals surface area contributed by atoms with Crippen molar-refractivity contribution in [2.45, 2.75) is 32.7 Å². The number of rotatable bonds is 5. The van der Waals surface area contributed by atoms with Gasteiger partial charge in [0.15, 0.2) is 0 Å². The largest absolute Gasteiger partial charge is 0.465 e. The monoisotopic (exact) mass is 212 g/mol. The van der Waals surface area contributed by atoms with E-state index < -0.39 is 6.09 Å². The lowest BCUT2D eigenvalue weighted by Gasteiger charge is -2.17. The maximum atomic E-state index is 10.6. The van der Waals surface area contributed by atoms with Crippen molar-refractivity contribution in [3.05, 3.63) is 12.2 Å². The minimum absolute atomic E-state index is 0.115. The number of hydrogen-bond acceptors (Lipinski definition) is 3. The van der Waals surface area contributed by atoms with Gasteiger partial charge < -0.3 is 15.4 Å². The molecule has 1 heterocycles. The summed E-state index contributed by atoms with van der Waals surface area (Å²) in [5.41, 5.74) is 0. The Bertz CT molecular complexity index is 297. The lowest BCUT2D eigenvalue weighted by Crippen LogP contribution is -2.36. The van der Waals surface area contributed by atoms with Gasteiger partial charge in [0.1, 0.15) is 12.2 Å². The van der Waals surface area contributed by atoms with Crippen LogP contribution in [0.5, 0.6) is 0 Å². The van der Waals surface area contributed by atoms with Crippen molar-refractivity contribution in [1.29, 1.82) is 0 Å². The molecule has 1 atom stereocenters. The number of aromatic amines is 1. The quantitative estimate of drug-likeness (QED) is 0.679. The molecule has 3 N–H and O–H groups in total. The number of carbonyl (C=O) groups is 1. The smallest absolute Gasteiger partial charge is 0.404 e. The first-order valence-corrected chi connectivity index (χ1v) is 4.92. The minimum atomic E-state index is -1.000. The van der Waals surface area contributed by atoms with E-state index in [9.17, 15) is 4.79 Å². The standard InChI is InChI=1S/C9H16N4O2/c1-6(2)3-7(12-9(14)15)4-8-10-5-11-13-8/h5-7,12H,3-4H2,1-2H3,(H,14,15)(H,10,11,13). The van der Waals surface area contributed by atoms with Gasteiger partial charge in [-0.1, -0.05) is 13.8 Å². The molecular formula is C9H16N4O2. The molecule has 0 aliphatic heterocycles. The Balaban J connectivity index is 2.52. The van der Waals surface area contributed by atoms with Crippen molar-refractivity contribution in [3.8, 4) is 0 Å². The van der Waals surface area contributed by atoms with Crippen LogP contribution in [-0.2, 0) is 6.42 Å². The SMILES string of the molecule is CC(C)CC(Cc1nnc[nH]1)NC(=O)O. The van der Waals surface area contributed by atoms with E-state index in [1.807, 2.05) is 0 Å². The van der Waals surface area contributed by atoms with Crippen LogP contribution in [0, 0.1) is 5.92 Å². The Hall–Kier alpha value is -1.59. The summed E-state index contributed by atoms with van der Waals surface area (Å²) in [5, 5.41) is 18.6. The molecule has 6 nitrogen and oxygen atoms in total. The van der Waals surface area contributed by atoms with Crippen LogP contribution in [0.3, 0.4) is 0 Å². The first-order valence-electron chi connectivity index (χ1n) is 4.92. The van der Waals surface area contributed by atoms with Crippen molar-refractivity contribution < 1.29 is 9.90 Å². The molecule has 6 heteroatoms. The average molecular weight is 212 g/mol. The van der Waals surface area contributed by atoms with Gasteiger partial charge in [0.05, 0.1) is 0 Å². The molecule has 0 spiro atoms.